The van der Waals surface area contributed by atoms with E-state index in [1.165, 1.54) is 0 Å². The van der Waals surface area contributed by atoms with Crippen LogP contribution in [0, 0.1) is 12.3 Å². The van der Waals surface area contributed by atoms with Gasteiger partial charge in [-0.05, 0) is 46.9 Å². The van der Waals surface area contributed by atoms with Crippen molar-refractivity contribution in [2.75, 3.05) is 0 Å². The Bertz CT molecular complexity index is 1080. The molecule has 0 fully saturated rings. The molecule has 2 nitrogen and oxygen atoms in total. The van der Waals surface area contributed by atoms with Gasteiger partial charge in [-0.15, -0.1) is 6.42 Å². The predicted molar refractivity (Wildman–Crippen MR) is 99.9 cm³/mol. The Morgan fingerprint density at radius 3 is 2.32 bits per heavy atom. The quantitative estimate of drug-likeness (QED) is 0.384. The summed E-state index contributed by atoms with van der Waals surface area (Å²) < 4.78 is 5.84. The fourth-order valence-electron chi connectivity index (χ4n) is 3.45. The second kappa shape index (κ2) is 5.36. The first kappa shape index (κ1) is 15.2. The minimum Gasteiger partial charge on any atom is -0.434 e. The van der Waals surface area contributed by atoms with Crippen molar-refractivity contribution < 1.29 is 9.53 Å². The highest BCUT2D eigenvalue weighted by Crippen LogP contribution is 2.50. The van der Waals surface area contributed by atoms with E-state index in [0.29, 0.717) is 5.57 Å². The molecule has 1 aliphatic carbocycles. The minimum absolute atomic E-state index is 0.321. The second-order valence-electron chi connectivity index (χ2n) is 6.29. The second-order valence-corrected chi connectivity index (χ2v) is 6.29. The summed E-state index contributed by atoms with van der Waals surface area (Å²) in [6.45, 7) is 5.30. The van der Waals surface area contributed by atoms with Crippen molar-refractivity contribution in [1.82, 2.24) is 0 Å². The van der Waals surface area contributed by atoms with Crippen molar-refractivity contribution in [3.05, 3.63) is 83.9 Å². The Balaban J connectivity index is 2.06. The molecule has 0 aliphatic heterocycles. The maximum Gasteiger partial charge on any atom is 0.335 e. The molecule has 0 N–H and O–H groups in total. The van der Waals surface area contributed by atoms with E-state index in [-0.39, 0.29) is 0 Å². The van der Waals surface area contributed by atoms with E-state index in [4.69, 9.17) is 11.2 Å². The van der Waals surface area contributed by atoms with Crippen LogP contribution in [0.25, 0.3) is 21.9 Å². The summed E-state index contributed by atoms with van der Waals surface area (Å²) in [6, 6.07) is 20.0. The largest absolute Gasteiger partial charge is 0.434 e. The molecule has 0 radical (unpaired) electrons. The summed E-state index contributed by atoms with van der Waals surface area (Å²) in [5.41, 5.74) is 2.73. The molecule has 1 unspecified atom stereocenters. The van der Waals surface area contributed by atoms with Gasteiger partial charge in [-0.1, -0.05) is 55.1 Å². The summed E-state index contributed by atoms with van der Waals surface area (Å²) >= 11 is 0. The molecule has 0 bridgehead atoms. The molecular formula is C23H16O2. The molecule has 4 rings (SSSR count). The summed E-state index contributed by atoms with van der Waals surface area (Å²) in [5, 5.41) is 2.18. The average molecular weight is 324 g/mol. The fourth-order valence-corrected chi connectivity index (χ4v) is 3.45. The SMILES string of the molecule is C#CC1(OC(=O)C(=C)C)c2ccccc2-c2cc3ccccc3cc21. The highest BCUT2D eigenvalue weighted by Gasteiger charge is 2.45. The molecule has 3 aromatic carbocycles. The molecule has 120 valence electrons. The molecule has 0 saturated carbocycles. The van der Waals surface area contributed by atoms with E-state index in [9.17, 15) is 4.79 Å². The van der Waals surface area contributed by atoms with Crippen molar-refractivity contribution in [1.29, 1.82) is 0 Å². The number of carbonyl (C=O) groups is 1. The Hall–Kier alpha value is -3.31. The predicted octanol–water partition coefficient (Wildman–Crippen LogP) is 4.82. The zero-order chi connectivity index (χ0) is 17.6. The molecule has 0 heterocycles. The lowest BCUT2D eigenvalue weighted by Gasteiger charge is -2.26. The van der Waals surface area contributed by atoms with Gasteiger partial charge in [-0.25, -0.2) is 4.79 Å². The van der Waals surface area contributed by atoms with Gasteiger partial charge in [-0.3, -0.25) is 0 Å². The van der Waals surface area contributed by atoms with Gasteiger partial charge in [0.05, 0.1) is 0 Å². The van der Waals surface area contributed by atoms with Crippen LogP contribution in [0.15, 0.2) is 72.8 Å². The fraction of sp³-hybridized carbons (Fsp3) is 0.0870. The lowest BCUT2D eigenvalue weighted by Crippen LogP contribution is -2.30. The first-order valence-electron chi connectivity index (χ1n) is 8.06. The zero-order valence-corrected chi connectivity index (χ0v) is 13.9. The van der Waals surface area contributed by atoms with Crippen LogP contribution in [0.1, 0.15) is 18.1 Å². The molecule has 25 heavy (non-hydrogen) atoms. The van der Waals surface area contributed by atoms with Crippen molar-refractivity contribution in [2.24, 2.45) is 0 Å². The van der Waals surface area contributed by atoms with Crippen molar-refractivity contribution in [3.63, 3.8) is 0 Å². The zero-order valence-electron chi connectivity index (χ0n) is 13.9. The maximum absolute atomic E-state index is 12.3. The number of rotatable bonds is 2. The summed E-state index contributed by atoms with van der Waals surface area (Å²) in [5.74, 6) is 2.26. The molecule has 3 aromatic rings. The lowest BCUT2D eigenvalue weighted by molar-refractivity contribution is -0.146. The smallest absolute Gasteiger partial charge is 0.335 e. The normalized spacial score (nSPS) is 17.4. The van der Waals surface area contributed by atoms with Crippen LogP contribution < -0.4 is 0 Å². The van der Waals surface area contributed by atoms with Crippen LogP contribution in [0.3, 0.4) is 0 Å². The lowest BCUT2D eigenvalue weighted by atomic mass is 9.90. The van der Waals surface area contributed by atoms with E-state index in [1.54, 1.807) is 6.92 Å². The highest BCUT2D eigenvalue weighted by molar-refractivity contribution is 5.95. The molecule has 0 saturated heterocycles. The monoisotopic (exact) mass is 324 g/mol. The summed E-state index contributed by atoms with van der Waals surface area (Å²) in [6.07, 6.45) is 5.93. The van der Waals surface area contributed by atoms with Crippen molar-refractivity contribution >= 4 is 16.7 Å². The van der Waals surface area contributed by atoms with Gasteiger partial charge in [0.2, 0.25) is 5.60 Å². The van der Waals surface area contributed by atoms with E-state index < -0.39 is 11.6 Å². The standard InChI is InChI=1S/C23H16O2/c1-4-23(25-22(24)15(2)3)20-12-8-7-11-18(20)19-13-16-9-5-6-10-17(16)14-21(19)23/h1,5-14H,2H2,3H3. The molecule has 2 heteroatoms. The van der Waals surface area contributed by atoms with E-state index in [2.05, 4.69) is 24.6 Å². The third-order valence-corrected chi connectivity index (χ3v) is 4.66. The molecule has 0 amide bonds. The number of terminal acetylenes is 1. The van der Waals surface area contributed by atoms with Crippen LogP contribution >= 0.6 is 0 Å². The first-order valence-corrected chi connectivity index (χ1v) is 8.06. The maximum atomic E-state index is 12.3. The van der Waals surface area contributed by atoms with Gasteiger partial charge in [-0.2, -0.15) is 0 Å². The van der Waals surface area contributed by atoms with Crippen LogP contribution in [-0.2, 0) is 15.1 Å². The number of carbonyl (C=O) groups excluding carboxylic acids is 1. The van der Waals surface area contributed by atoms with Gasteiger partial charge in [0, 0.05) is 16.7 Å². The van der Waals surface area contributed by atoms with E-state index >= 15 is 0 Å². The van der Waals surface area contributed by atoms with Gasteiger partial charge < -0.3 is 4.74 Å². The Labute approximate surface area is 146 Å². The number of fused-ring (bicyclic) bond motifs is 4. The molecule has 1 aliphatic rings. The highest BCUT2D eigenvalue weighted by atomic mass is 16.6. The van der Waals surface area contributed by atoms with Gasteiger partial charge in [0.25, 0.3) is 0 Å². The van der Waals surface area contributed by atoms with Gasteiger partial charge in [0.1, 0.15) is 0 Å². The van der Waals surface area contributed by atoms with E-state index in [0.717, 1.165) is 33.0 Å². The molecule has 0 aromatic heterocycles. The first-order chi connectivity index (χ1) is 12.1. The minimum atomic E-state index is -1.23. The Morgan fingerprint density at radius 1 is 1.00 bits per heavy atom. The van der Waals surface area contributed by atoms with Crippen LogP contribution in [-0.4, -0.2) is 5.97 Å². The van der Waals surface area contributed by atoms with E-state index in [1.807, 2.05) is 48.5 Å². The van der Waals surface area contributed by atoms with Crippen LogP contribution in [0.4, 0.5) is 0 Å². The molecule has 1 atom stereocenters. The summed E-state index contributed by atoms with van der Waals surface area (Å²) in [7, 11) is 0. The number of hydrogen-bond donors (Lipinski definition) is 0. The number of esters is 1. The molecular weight excluding hydrogens is 308 g/mol. The third-order valence-electron chi connectivity index (χ3n) is 4.66. The van der Waals surface area contributed by atoms with Gasteiger partial charge in [0.15, 0.2) is 0 Å². The Morgan fingerprint density at radius 2 is 1.64 bits per heavy atom. The number of benzene rings is 3. The molecule has 0 spiro atoms. The van der Waals surface area contributed by atoms with Crippen molar-refractivity contribution in [3.8, 4) is 23.5 Å². The van der Waals surface area contributed by atoms with Crippen molar-refractivity contribution in [2.45, 2.75) is 12.5 Å². The Kier molecular flexibility index (Phi) is 3.26. The van der Waals surface area contributed by atoms with Crippen LogP contribution in [0.2, 0.25) is 0 Å². The number of ether oxygens (including phenoxy) is 1. The van der Waals surface area contributed by atoms with Crippen LogP contribution in [0.5, 0.6) is 0 Å². The summed E-state index contributed by atoms with van der Waals surface area (Å²) in [4.78, 5) is 12.3. The van der Waals surface area contributed by atoms with Gasteiger partial charge >= 0.3 is 5.97 Å². The number of hydrogen-bond acceptors (Lipinski definition) is 2. The average Bonchev–Trinajstić information content (AvgIpc) is 2.90. The topological polar surface area (TPSA) is 26.3 Å². The third kappa shape index (κ3) is 2.10.